The van der Waals surface area contributed by atoms with Gasteiger partial charge in [-0.1, -0.05) is 44.2 Å². The first-order chi connectivity index (χ1) is 16.2. The van der Waals surface area contributed by atoms with Crippen LogP contribution in [0.15, 0.2) is 35.7 Å². The number of hydrogen-bond acceptors (Lipinski definition) is 4. The van der Waals surface area contributed by atoms with Crippen molar-refractivity contribution >= 4 is 17.2 Å². The van der Waals surface area contributed by atoms with E-state index in [1.54, 1.807) is 11.3 Å². The molecule has 1 amide bonds. The molecule has 2 aromatic rings. The van der Waals surface area contributed by atoms with E-state index in [1.165, 1.54) is 80.2 Å². The van der Waals surface area contributed by atoms with Crippen LogP contribution in [-0.2, 0) is 24.2 Å². The summed E-state index contributed by atoms with van der Waals surface area (Å²) in [6.07, 6.45) is 16.2. The summed E-state index contributed by atoms with van der Waals surface area (Å²) >= 11 is 1.73. The zero-order valence-corrected chi connectivity index (χ0v) is 20.6. The summed E-state index contributed by atoms with van der Waals surface area (Å²) in [7, 11) is 0. The first-order valence-corrected chi connectivity index (χ1v) is 13.9. The molecule has 1 saturated heterocycles. The second-order valence-corrected chi connectivity index (χ2v) is 11.3. The van der Waals surface area contributed by atoms with E-state index in [2.05, 4.69) is 39.9 Å². The van der Waals surface area contributed by atoms with E-state index in [0.29, 0.717) is 6.54 Å². The number of amides is 1. The van der Waals surface area contributed by atoms with Gasteiger partial charge in [0.15, 0.2) is 6.61 Å². The maximum absolute atomic E-state index is 13.5. The van der Waals surface area contributed by atoms with Crippen molar-refractivity contribution in [1.82, 2.24) is 10.2 Å². The van der Waals surface area contributed by atoms with Crippen LogP contribution in [0.3, 0.4) is 0 Å². The van der Waals surface area contributed by atoms with Gasteiger partial charge in [0.05, 0.1) is 12.7 Å². The smallest absolute Gasteiger partial charge is 0.262 e. The fourth-order valence-corrected chi connectivity index (χ4v) is 6.85. The molecule has 1 aromatic carbocycles. The normalized spacial score (nSPS) is 22.4. The van der Waals surface area contributed by atoms with E-state index in [4.69, 9.17) is 4.74 Å². The van der Waals surface area contributed by atoms with Gasteiger partial charge in [-0.2, -0.15) is 0 Å². The Kier molecular flexibility index (Phi) is 7.37. The summed E-state index contributed by atoms with van der Waals surface area (Å²) in [4.78, 5) is 16.8. The zero-order valence-electron chi connectivity index (χ0n) is 19.8. The molecule has 5 rings (SSSR count). The molecule has 1 atom stereocenters. The highest BCUT2D eigenvalue weighted by molar-refractivity contribution is 7.09. The largest absolute Gasteiger partial charge is 0.484 e. The van der Waals surface area contributed by atoms with Crippen molar-refractivity contribution in [3.05, 3.63) is 51.7 Å². The maximum Gasteiger partial charge on any atom is 0.262 e. The molecule has 2 heterocycles. The van der Waals surface area contributed by atoms with E-state index in [1.807, 2.05) is 6.07 Å². The number of hydrogen-bond donors (Lipinski definition) is 1. The van der Waals surface area contributed by atoms with Crippen LogP contribution in [0.4, 0.5) is 0 Å². The van der Waals surface area contributed by atoms with Gasteiger partial charge in [-0.25, -0.2) is 0 Å². The number of carbonyl (C=O) groups excluding carboxylic acids is 1. The lowest BCUT2D eigenvalue weighted by molar-refractivity contribution is -0.138. The minimum absolute atomic E-state index is 0.0873. The summed E-state index contributed by atoms with van der Waals surface area (Å²) in [5, 5.41) is 6.12. The van der Waals surface area contributed by atoms with Gasteiger partial charge in [0, 0.05) is 10.4 Å². The first-order valence-electron chi connectivity index (χ1n) is 13.0. The van der Waals surface area contributed by atoms with Crippen LogP contribution in [0.2, 0.25) is 0 Å². The summed E-state index contributed by atoms with van der Waals surface area (Å²) in [6.45, 7) is 0.771. The van der Waals surface area contributed by atoms with Crippen molar-refractivity contribution in [1.29, 1.82) is 0 Å². The van der Waals surface area contributed by atoms with E-state index in [-0.39, 0.29) is 24.2 Å². The number of benzene rings is 1. The lowest BCUT2D eigenvalue weighted by atomic mass is 9.77. The molecule has 2 fully saturated rings. The number of fused-ring (bicyclic) bond motifs is 1. The quantitative estimate of drug-likeness (QED) is 0.549. The average molecular weight is 467 g/mol. The monoisotopic (exact) mass is 466 g/mol. The topological polar surface area (TPSA) is 41.6 Å². The molecule has 178 valence electrons. The molecule has 3 aliphatic rings. The van der Waals surface area contributed by atoms with Crippen LogP contribution in [0.5, 0.6) is 5.75 Å². The van der Waals surface area contributed by atoms with Gasteiger partial charge in [0.1, 0.15) is 5.75 Å². The van der Waals surface area contributed by atoms with Crippen LogP contribution < -0.4 is 10.1 Å². The Morgan fingerprint density at radius 2 is 1.79 bits per heavy atom. The molecular formula is C28H38N2O2S. The van der Waals surface area contributed by atoms with Gasteiger partial charge in [-0.05, 0) is 86.1 Å². The van der Waals surface area contributed by atoms with E-state index >= 15 is 0 Å². The number of thiophene rings is 1. The predicted octanol–water partition coefficient (Wildman–Crippen LogP) is 6.23. The number of rotatable bonds is 6. The van der Waals surface area contributed by atoms with E-state index < -0.39 is 0 Å². The molecule has 33 heavy (non-hydrogen) atoms. The van der Waals surface area contributed by atoms with Crippen LogP contribution in [0.25, 0.3) is 0 Å². The third-order valence-corrected chi connectivity index (χ3v) is 8.81. The Morgan fingerprint density at radius 3 is 2.61 bits per heavy atom. The molecule has 4 nitrogen and oxygen atoms in total. The minimum atomic E-state index is 0.0873. The number of carbonyl (C=O) groups is 1. The lowest BCUT2D eigenvalue weighted by Gasteiger charge is -2.47. The molecule has 1 saturated carbocycles. The van der Waals surface area contributed by atoms with Crippen molar-refractivity contribution in [2.45, 2.75) is 102 Å². The second-order valence-electron chi connectivity index (χ2n) is 10.3. The maximum atomic E-state index is 13.5. The third kappa shape index (κ3) is 5.63. The molecule has 1 unspecified atom stereocenters. The van der Waals surface area contributed by atoms with Crippen molar-refractivity contribution in [3.63, 3.8) is 0 Å². The fourth-order valence-electron chi connectivity index (χ4n) is 6.15. The SMILES string of the molecule is O=C(COc1ccc2c(c1)CCC2)N(Cc1cccs1)C1CCCC2(CCCCCCC2)N1. The fraction of sp³-hybridized carbons (Fsp3) is 0.607. The summed E-state index contributed by atoms with van der Waals surface area (Å²) in [5.41, 5.74) is 3.03. The van der Waals surface area contributed by atoms with E-state index in [9.17, 15) is 4.79 Å². The Bertz CT molecular complexity index is 918. The first kappa shape index (κ1) is 22.9. The standard InChI is InChI=1S/C28H38N2O2S/c31-27(21-32-24-14-13-22-9-6-10-23(22)19-24)30(20-25-11-8-18-33-25)26-12-7-17-28(29-26)15-4-2-1-3-5-16-28/h8,11,13-14,18-19,26,29H,1-7,9-10,12,15-17,20-21H2. The van der Waals surface area contributed by atoms with Gasteiger partial charge >= 0.3 is 0 Å². The molecule has 5 heteroatoms. The Morgan fingerprint density at radius 1 is 1.00 bits per heavy atom. The van der Waals surface area contributed by atoms with Crippen molar-refractivity contribution in [2.24, 2.45) is 0 Å². The lowest BCUT2D eigenvalue weighted by Crippen LogP contribution is -2.61. The molecule has 2 aliphatic carbocycles. The highest BCUT2D eigenvalue weighted by Crippen LogP contribution is 2.36. The van der Waals surface area contributed by atoms with Gasteiger partial charge < -0.3 is 9.64 Å². The molecule has 0 radical (unpaired) electrons. The number of nitrogens with zero attached hydrogens (tertiary/aromatic N) is 1. The van der Waals surface area contributed by atoms with Gasteiger partial charge in [-0.3, -0.25) is 10.1 Å². The Balaban J connectivity index is 1.29. The molecule has 0 bridgehead atoms. The summed E-state index contributed by atoms with van der Waals surface area (Å²) in [6, 6.07) is 10.6. The number of nitrogens with one attached hydrogen (secondary N) is 1. The average Bonchev–Trinajstić information content (AvgIpc) is 3.50. The van der Waals surface area contributed by atoms with Crippen LogP contribution in [0.1, 0.15) is 86.6 Å². The molecule has 1 N–H and O–H groups in total. The van der Waals surface area contributed by atoms with Crippen molar-refractivity contribution in [3.8, 4) is 5.75 Å². The zero-order chi connectivity index (χ0) is 22.5. The number of piperidine rings is 1. The summed E-state index contributed by atoms with van der Waals surface area (Å²) in [5.74, 6) is 0.914. The second kappa shape index (κ2) is 10.6. The molecule has 1 aromatic heterocycles. The third-order valence-electron chi connectivity index (χ3n) is 7.95. The molecular weight excluding hydrogens is 428 g/mol. The van der Waals surface area contributed by atoms with Gasteiger partial charge in [0.2, 0.25) is 0 Å². The Hall–Kier alpha value is -1.85. The highest BCUT2D eigenvalue weighted by Gasteiger charge is 2.38. The highest BCUT2D eigenvalue weighted by atomic mass is 32.1. The summed E-state index contributed by atoms with van der Waals surface area (Å²) < 4.78 is 6.04. The van der Waals surface area contributed by atoms with Crippen LogP contribution in [-0.4, -0.2) is 29.1 Å². The van der Waals surface area contributed by atoms with Crippen LogP contribution in [0, 0.1) is 0 Å². The number of aryl methyl sites for hydroxylation is 2. The Labute approximate surface area is 202 Å². The van der Waals surface area contributed by atoms with Crippen LogP contribution >= 0.6 is 11.3 Å². The van der Waals surface area contributed by atoms with Crippen molar-refractivity contribution in [2.75, 3.05) is 6.61 Å². The van der Waals surface area contributed by atoms with Gasteiger partial charge in [-0.15, -0.1) is 11.3 Å². The van der Waals surface area contributed by atoms with Crippen molar-refractivity contribution < 1.29 is 9.53 Å². The minimum Gasteiger partial charge on any atom is -0.484 e. The number of ether oxygens (including phenoxy) is 1. The van der Waals surface area contributed by atoms with E-state index in [0.717, 1.165) is 25.0 Å². The molecule has 1 aliphatic heterocycles. The van der Waals surface area contributed by atoms with Gasteiger partial charge in [0.25, 0.3) is 5.91 Å². The molecule has 1 spiro atoms. The predicted molar refractivity (Wildman–Crippen MR) is 135 cm³/mol.